The third-order valence-corrected chi connectivity index (χ3v) is 4.80. The average molecular weight is 441 g/mol. The molecule has 6 heteroatoms. The standard InChI is InChI=1S/C23H32N2O2.2ClH/c1-17-22(27-13-9-8-12-24-23(2,3)4)20-16-26-15-19(20)21(25-17)14-18-10-6-5-7-11-18;;/h5-7,10-11,24H,8-9,12-16H2,1-4H3;2*1H. The number of hydrogen-bond acceptors (Lipinski definition) is 4. The van der Waals surface area contributed by atoms with Crippen LogP contribution in [0.2, 0.25) is 0 Å². The zero-order valence-electron chi connectivity index (χ0n) is 17.9. The van der Waals surface area contributed by atoms with Gasteiger partial charge in [-0.25, -0.2) is 0 Å². The average Bonchev–Trinajstić information content (AvgIpc) is 3.10. The molecule has 0 amide bonds. The third-order valence-electron chi connectivity index (χ3n) is 4.80. The highest BCUT2D eigenvalue weighted by atomic mass is 35.5. The Morgan fingerprint density at radius 2 is 1.72 bits per heavy atom. The Balaban J connectivity index is 0.00000210. The molecule has 0 saturated carbocycles. The maximum Gasteiger partial charge on any atom is 0.146 e. The second kappa shape index (κ2) is 11.8. The predicted molar refractivity (Wildman–Crippen MR) is 124 cm³/mol. The van der Waals surface area contributed by atoms with E-state index in [9.17, 15) is 0 Å². The van der Waals surface area contributed by atoms with Crippen LogP contribution in [0.1, 0.15) is 61.7 Å². The van der Waals surface area contributed by atoms with Crippen LogP contribution in [0, 0.1) is 6.92 Å². The van der Waals surface area contributed by atoms with Crippen molar-refractivity contribution in [1.29, 1.82) is 0 Å². The van der Waals surface area contributed by atoms with Gasteiger partial charge in [0.2, 0.25) is 0 Å². The summed E-state index contributed by atoms with van der Waals surface area (Å²) in [6, 6.07) is 10.5. The number of benzene rings is 1. The Bertz CT molecular complexity index is 762. The van der Waals surface area contributed by atoms with Crippen molar-refractivity contribution in [1.82, 2.24) is 10.3 Å². The summed E-state index contributed by atoms with van der Waals surface area (Å²) < 4.78 is 11.9. The maximum atomic E-state index is 6.15. The van der Waals surface area contributed by atoms with Crippen molar-refractivity contribution in [3.05, 3.63) is 58.4 Å². The number of unbranched alkanes of at least 4 members (excludes halogenated alkanes) is 1. The first kappa shape index (κ1) is 25.7. The Morgan fingerprint density at radius 3 is 2.41 bits per heavy atom. The highest BCUT2D eigenvalue weighted by molar-refractivity contribution is 5.85. The van der Waals surface area contributed by atoms with E-state index in [4.69, 9.17) is 14.5 Å². The van der Waals surface area contributed by atoms with E-state index in [1.54, 1.807) is 0 Å². The van der Waals surface area contributed by atoms with Crippen LogP contribution in [-0.4, -0.2) is 23.7 Å². The molecule has 3 rings (SSSR count). The van der Waals surface area contributed by atoms with Gasteiger partial charge in [-0.05, 0) is 52.6 Å². The Labute approximate surface area is 187 Å². The number of ether oxygens (including phenoxy) is 2. The van der Waals surface area contributed by atoms with Crippen molar-refractivity contribution in [2.24, 2.45) is 0 Å². The van der Waals surface area contributed by atoms with E-state index in [1.807, 2.05) is 13.0 Å². The molecule has 162 valence electrons. The van der Waals surface area contributed by atoms with Gasteiger partial charge < -0.3 is 14.8 Å². The summed E-state index contributed by atoms with van der Waals surface area (Å²) in [5, 5.41) is 3.52. The lowest BCUT2D eigenvalue weighted by Crippen LogP contribution is -2.36. The quantitative estimate of drug-likeness (QED) is 0.557. The largest absolute Gasteiger partial charge is 0.491 e. The SMILES string of the molecule is Cc1nc(Cc2ccccc2)c2c(c1OCCCCNC(C)(C)C)COC2.Cl.Cl. The fourth-order valence-electron chi connectivity index (χ4n) is 3.42. The summed E-state index contributed by atoms with van der Waals surface area (Å²) in [5.74, 6) is 0.933. The van der Waals surface area contributed by atoms with Crippen LogP contribution in [0.4, 0.5) is 0 Å². The smallest absolute Gasteiger partial charge is 0.146 e. The van der Waals surface area contributed by atoms with Gasteiger partial charge in [0, 0.05) is 23.1 Å². The summed E-state index contributed by atoms with van der Waals surface area (Å²) >= 11 is 0. The molecule has 0 saturated heterocycles. The van der Waals surface area contributed by atoms with Crippen LogP contribution in [0.3, 0.4) is 0 Å². The minimum absolute atomic E-state index is 0. The number of rotatable bonds is 8. The Hall–Kier alpha value is -1.33. The predicted octanol–water partition coefficient (Wildman–Crippen LogP) is 5.40. The summed E-state index contributed by atoms with van der Waals surface area (Å²) in [5.41, 5.74) is 5.95. The van der Waals surface area contributed by atoms with E-state index in [0.29, 0.717) is 13.2 Å². The van der Waals surface area contributed by atoms with E-state index in [1.165, 1.54) is 16.7 Å². The normalized spacial score (nSPS) is 12.7. The molecule has 1 aliphatic heterocycles. The van der Waals surface area contributed by atoms with E-state index < -0.39 is 0 Å². The van der Waals surface area contributed by atoms with Crippen molar-refractivity contribution in [2.75, 3.05) is 13.2 Å². The summed E-state index contributed by atoms with van der Waals surface area (Å²) in [6.07, 6.45) is 2.98. The minimum Gasteiger partial charge on any atom is -0.491 e. The molecule has 2 heterocycles. The second-order valence-electron chi connectivity index (χ2n) is 8.32. The molecule has 0 atom stereocenters. The zero-order valence-corrected chi connectivity index (χ0v) is 19.5. The van der Waals surface area contributed by atoms with Crippen molar-refractivity contribution in [2.45, 2.75) is 65.7 Å². The molecule has 4 nitrogen and oxygen atoms in total. The molecule has 29 heavy (non-hydrogen) atoms. The van der Waals surface area contributed by atoms with Crippen LogP contribution in [0.15, 0.2) is 30.3 Å². The lowest BCUT2D eigenvalue weighted by atomic mass is 10.0. The first-order chi connectivity index (χ1) is 12.9. The highest BCUT2D eigenvalue weighted by Gasteiger charge is 2.23. The maximum absolute atomic E-state index is 6.15. The lowest BCUT2D eigenvalue weighted by Gasteiger charge is -2.20. The van der Waals surface area contributed by atoms with Gasteiger partial charge in [-0.1, -0.05) is 30.3 Å². The number of aryl methyl sites for hydroxylation is 1. The molecule has 0 unspecified atom stereocenters. The molecular formula is C23H34Cl2N2O2. The molecule has 1 N–H and O–H groups in total. The van der Waals surface area contributed by atoms with Crippen molar-refractivity contribution < 1.29 is 9.47 Å². The van der Waals surface area contributed by atoms with Gasteiger partial charge >= 0.3 is 0 Å². The number of nitrogens with one attached hydrogen (secondary N) is 1. The van der Waals surface area contributed by atoms with E-state index in [0.717, 1.165) is 49.6 Å². The number of aromatic nitrogens is 1. The molecule has 0 spiro atoms. The molecule has 2 aromatic rings. The topological polar surface area (TPSA) is 43.4 Å². The van der Waals surface area contributed by atoms with Crippen molar-refractivity contribution in [3.63, 3.8) is 0 Å². The highest BCUT2D eigenvalue weighted by Crippen LogP contribution is 2.34. The minimum atomic E-state index is 0. The van der Waals surface area contributed by atoms with E-state index >= 15 is 0 Å². The molecule has 0 radical (unpaired) electrons. The number of fused-ring (bicyclic) bond motifs is 1. The summed E-state index contributed by atoms with van der Waals surface area (Å²) in [4.78, 5) is 4.87. The van der Waals surface area contributed by atoms with Gasteiger partial charge in [0.25, 0.3) is 0 Å². The Kier molecular flexibility index (Phi) is 10.4. The molecule has 0 aliphatic carbocycles. The molecule has 0 fully saturated rings. The fourth-order valence-corrected chi connectivity index (χ4v) is 3.42. The van der Waals surface area contributed by atoms with Gasteiger partial charge in [0.05, 0.1) is 31.2 Å². The van der Waals surface area contributed by atoms with Crippen molar-refractivity contribution in [3.8, 4) is 5.75 Å². The fraction of sp³-hybridized carbons (Fsp3) is 0.522. The number of hydrogen-bond donors (Lipinski definition) is 1. The molecule has 1 aromatic carbocycles. The molecule has 1 aliphatic rings. The monoisotopic (exact) mass is 440 g/mol. The Morgan fingerprint density at radius 1 is 1.03 bits per heavy atom. The number of pyridine rings is 1. The van der Waals surface area contributed by atoms with Crippen LogP contribution < -0.4 is 10.1 Å². The van der Waals surface area contributed by atoms with E-state index in [-0.39, 0.29) is 30.4 Å². The first-order valence-electron chi connectivity index (χ1n) is 9.95. The molecule has 1 aromatic heterocycles. The van der Waals surface area contributed by atoms with Crippen LogP contribution in [0.5, 0.6) is 5.75 Å². The zero-order chi connectivity index (χ0) is 19.3. The van der Waals surface area contributed by atoms with Crippen LogP contribution in [0.25, 0.3) is 0 Å². The summed E-state index contributed by atoms with van der Waals surface area (Å²) in [7, 11) is 0. The van der Waals surface area contributed by atoms with Gasteiger partial charge in [-0.2, -0.15) is 0 Å². The third kappa shape index (κ3) is 7.45. The first-order valence-corrected chi connectivity index (χ1v) is 9.95. The van der Waals surface area contributed by atoms with E-state index in [2.05, 4.69) is 50.4 Å². The lowest BCUT2D eigenvalue weighted by molar-refractivity contribution is 0.132. The van der Waals surface area contributed by atoms with Crippen LogP contribution >= 0.6 is 24.8 Å². The van der Waals surface area contributed by atoms with Crippen molar-refractivity contribution >= 4 is 24.8 Å². The van der Waals surface area contributed by atoms with Crippen LogP contribution in [-0.2, 0) is 24.4 Å². The van der Waals surface area contributed by atoms with Gasteiger partial charge in [-0.3, -0.25) is 4.98 Å². The van der Waals surface area contributed by atoms with Gasteiger partial charge in [0.15, 0.2) is 0 Å². The summed E-state index contributed by atoms with van der Waals surface area (Å²) in [6.45, 7) is 11.6. The second-order valence-corrected chi connectivity index (χ2v) is 8.32. The number of nitrogens with zero attached hydrogens (tertiary/aromatic N) is 1. The number of halogens is 2. The van der Waals surface area contributed by atoms with Gasteiger partial charge in [0.1, 0.15) is 5.75 Å². The molecule has 0 bridgehead atoms. The molecular weight excluding hydrogens is 407 g/mol. The van der Waals surface area contributed by atoms with Gasteiger partial charge in [-0.15, -0.1) is 24.8 Å².